The zero-order valence-corrected chi connectivity index (χ0v) is 13.3. The average molecular weight is 357 g/mol. The Morgan fingerprint density at radius 3 is 2.72 bits per heavy atom. The number of cyclic esters (lactones) is 1. The first-order valence-corrected chi connectivity index (χ1v) is 8.01. The van der Waals surface area contributed by atoms with Gasteiger partial charge in [-0.2, -0.15) is 0 Å². The molecule has 25 heavy (non-hydrogen) atoms. The Balaban J connectivity index is 1.54. The van der Waals surface area contributed by atoms with Crippen molar-refractivity contribution in [2.24, 2.45) is 5.41 Å². The van der Waals surface area contributed by atoms with Crippen molar-refractivity contribution >= 4 is 17.7 Å². The lowest BCUT2D eigenvalue weighted by Crippen LogP contribution is -2.40. The number of rotatable bonds is 3. The Kier molecular flexibility index (Phi) is 4.85. The van der Waals surface area contributed by atoms with Crippen LogP contribution in [-0.4, -0.2) is 37.7 Å². The smallest absolute Gasteiger partial charge is 0.319 e. The van der Waals surface area contributed by atoms with Crippen LogP contribution in [0.5, 0.6) is 0 Å². The minimum atomic E-state index is -1.40. The lowest BCUT2D eigenvalue weighted by atomic mass is 9.76. The minimum Gasteiger partial charge on any atom is -0.460 e. The van der Waals surface area contributed by atoms with Crippen molar-refractivity contribution < 1.29 is 27.5 Å². The zero-order valence-electron chi connectivity index (χ0n) is 13.3. The molecule has 6 nitrogen and oxygen atoms in total. The van der Waals surface area contributed by atoms with E-state index in [1.807, 2.05) is 5.32 Å². The fraction of sp³-hybridized carbons (Fsp3) is 0.500. The van der Waals surface area contributed by atoms with Crippen LogP contribution >= 0.6 is 0 Å². The van der Waals surface area contributed by atoms with Crippen LogP contribution in [0.4, 0.5) is 23.7 Å². The van der Waals surface area contributed by atoms with Crippen LogP contribution in [0.3, 0.4) is 0 Å². The van der Waals surface area contributed by atoms with E-state index in [4.69, 9.17) is 4.74 Å². The Labute approximate surface area is 142 Å². The Morgan fingerprint density at radius 2 is 2.00 bits per heavy atom. The number of halogens is 3. The number of amides is 2. The van der Waals surface area contributed by atoms with Crippen molar-refractivity contribution in [1.82, 2.24) is 10.6 Å². The highest BCUT2D eigenvalue weighted by Crippen LogP contribution is 2.41. The highest BCUT2D eigenvalue weighted by atomic mass is 19.2. The molecule has 2 heterocycles. The number of piperidine rings is 1. The second kappa shape index (κ2) is 6.91. The summed E-state index contributed by atoms with van der Waals surface area (Å²) in [7, 11) is 0. The van der Waals surface area contributed by atoms with E-state index < -0.39 is 40.7 Å². The number of ether oxygens (including phenoxy) is 1. The molecular formula is C16H18F3N3O3. The molecule has 0 aliphatic carbocycles. The molecule has 2 aliphatic rings. The van der Waals surface area contributed by atoms with E-state index in [9.17, 15) is 22.8 Å². The standard InChI is InChI=1S/C16H18F3N3O3/c17-9-5-11(18)13(19)12(6-9)22-15(24)21-8-10-7-16(14(23)25-10)1-3-20-4-2-16/h5-6,10,20H,1-4,7-8H2,(H2,21,22,24). The first kappa shape index (κ1) is 17.5. The summed E-state index contributed by atoms with van der Waals surface area (Å²) in [6, 6.07) is 0.221. The van der Waals surface area contributed by atoms with Crippen molar-refractivity contribution in [2.45, 2.75) is 25.4 Å². The van der Waals surface area contributed by atoms with E-state index in [0.29, 0.717) is 31.4 Å². The van der Waals surface area contributed by atoms with Crippen molar-refractivity contribution in [3.63, 3.8) is 0 Å². The summed E-state index contributed by atoms with van der Waals surface area (Å²) in [6.07, 6.45) is 1.38. The number of anilines is 1. The number of hydrogen-bond acceptors (Lipinski definition) is 4. The van der Waals surface area contributed by atoms with Gasteiger partial charge < -0.3 is 20.7 Å². The van der Waals surface area contributed by atoms with Crippen molar-refractivity contribution in [1.29, 1.82) is 0 Å². The third-order valence-electron chi connectivity index (χ3n) is 4.62. The van der Waals surface area contributed by atoms with Gasteiger partial charge in [0.2, 0.25) is 0 Å². The second-order valence-corrected chi connectivity index (χ2v) is 6.35. The summed E-state index contributed by atoms with van der Waals surface area (Å²) in [5.74, 6) is -4.02. The van der Waals surface area contributed by atoms with Crippen LogP contribution in [0.2, 0.25) is 0 Å². The number of carbonyl (C=O) groups excluding carboxylic acids is 2. The quantitative estimate of drug-likeness (QED) is 0.570. The van der Waals surface area contributed by atoms with Gasteiger partial charge in [0.1, 0.15) is 11.9 Å². The predicted octanol–water partition coefficient (Wildman–Crippen LogP) is 1.91. The number of nitrogens with one attached hydrogen (secondary N) is 3. The van der Waals surface area contributed by atoms with Gasteiger partial charge in [-0.25, -0.2) is 18.0 Å². The maximum atomic E-state index is 13.5. The second-order valence-electron chi connectivity index (χ2n) is 6.35. The van der Waals surface area contributed by atoms with E-state index in [1.54, 1.807) is 0 Å². The molecule has 0 radical (unpaired) electrons. The monoisotopic (exact) mass is 357 g/mol. The Morgan fingerprint density at radius 1 is 1.28 bits per heavy atom. The molecule has 1 unspecified atom stereocenters. The molecule has 136 valence electrons. The number of carbonyl (C=O) groups is 2. The molecule has 2 saturated heterocycles. The maximum Gasteiger partial charge on any atom is 0.319 e. The van der Waals surface area contributed by atoms with E-state index in [2.05, 4.69) is 10.6 Å². The summed E-state index contributed by atoms with van der Waals surface area (Å²) in [4.78, 5) is 23.9. The van der Waals surface area contributed by atoms with Crippen LogP contribution < -0.4 is 16.0 Å². The summed E-state index contributed by atoms with van der Waals surface area (Å²) < 4.78 is 45.0. The predicted molar refractivity (Wildman–Crippen MR) is 82.4 cm³/mol. The molecule has 1 aromatic rings. The molecule has 1 atom stereocenters. The van der Waals surface area contributed by atoms with Crippen molar-refractivity contribution in [2.75, 3.05) is 25.0 Å². The molecule has 1 spiro atoms. The van der Waals surface area contributed by atoms with Crippen LogP contribution in [0, 0.1) is 22.9 Å². The van der Waals surface area contributed by atoms with Gasteiger partial charge in [0, 0.05) is 18.6 Å². The van der Waals surface area contributed by atoms with Crippen molar-refractivity contribution in [3.8, 4) is 0 Å². The molecule has 2 fully saturated rings. The molecule has 2 amide bonds. The number of esters is 1. The fourth-order valence-corrected chi connectivity index (χ4v) is 3.28. The summed E-state index contributed by atoms with van der Waals surface area (Å²) in [5.41, 5.74) is -1.11. The third kappa shape index (κ3) is 3.71. The first-order valence-electron chi connectivity index (χ1n) is 8.01. The van der Waals surface area contributed by atoms with E-state index in [-0.39, 0.29) is 12.5 Å². The summed E-state index contributed by atoms with van der Waals surface area (Å²) in [6.45, 7) is 1.51. The summed E-state index contributed by atoms with van der Waals surface area (Å²) in [5, 5.41) is 7.65. The molecule has 1 aromatic carbocycles. The largest absolute Gasteiger partial charge is 0.460 e. The highest BCUT2D eigenvalue weighted by Gasteiger charge is 2.49. The average Bonchev–Trinajstić information content (AvgIpc) is 2.86. The van der Waals surface area contributed by atoms with Crippen LogP contribution in [0.25, 0.3) is 0 Å². The van der Waals surface area contributed by atoms with Gasteiger partial charge in [-0.05, 0) is 25.9 Å². The van der Waals surface area contributed by atoms with Gasteiger partial charge in [0.25, 0.3) is 0 Å². The molecular weight excluding hydrogens is 339 g/mol. The van der Waals surface area contributed by atoms with Crippen LogP contribution in [-0.2, 0) is 9.53 Å². The van der Waals surface area contributed by atoms with E-state index in [0.717, 1.165) is 13.1 Å². The number of hydrogen-bond donors (Lipinski definition) is 3. The molecule has 0 bridgehead atoms. The van der Waals surface area contributed by atoms with Gasteiger partial charge in [-0.3, -0.25) is 4.79 Å². The number of urea groups is 1. The first-order chi connectivity index (χ1) is 11.9. The van der Waals surface area contributed by atoms with Gasteiger partial charge in [0.15, 0.2) is 11.6 Å². The topological polar surface area (TPSA) is 79.5 Å². The fourth-order valence-electron chi connectivity index (χ4n) is 3.28. The zero-order chi connectivity index (χ0) is 18.0. The van der Waals surface area contributed by atoms with Crippen LogP contribution in [0.15, 0.2) is 12.1 Å². The highest BCUT2D eigenvalue weighted by molar-refractivity contribution is 5.89. The molecule has 0 saturated carbocycles. The van der Waals surface area contributed by atoms with Crippen LogP contribution in [0.1, 0.15) is 19.3 Å². The third-order valence-corrected chi connectivity index (χ3v) is 4.62. The normalized spacial score (nSPS) is 21.9. The van der Waals surface area contributed by atoms with Gasteiger partial charge in [-0.1, -0.05) is 0 Å². The molecule has 0 aromatic heterocycles. The van der Waals surface area contributed by atoms with Gasteiger partial charge in [-0.15, -0.1) is 0 Å². The van der Waals surface area contributed by atoms with E-state index in [1.165, 1.54) is 0 Å². The minimum absolute atomic E-state index is 0.0339. The molecule has 3 N–H and O–H groups in total. The lowest BCUT2D eigenvalue weighted by molar-refractivity contribution is -0.149. The summed E-state index contributed by atoms with van der Waals surface area (Å²) >= 11 is 0. The van der Waals surface area contributed by atoms with E-state index >= 15 is 0 Å². The number of benzene rings is 1. The van der Waals surface area contributed by atoms with Gasteiger partial charge >= 0.3 is 12.0 Å². The van der Waals surface area contributed by atoms with Crippen molar-refractivity contribution in [3.05, 3.63) is 29.6 Å². The molecule has 9 heteroatoms. The van der Waals surface area contributed by atoms with Gasteiger partial charge in [0.05, 0.1) is 17.6 Å². The lowest BCUT2D eigenvalue weighted by Gasteiger charge is -2.29. The molecule has 2 aliphatic heterocycles. The Hall–Kier alpha value is -2.29. The maximum absolute atomic E-state index is 13.5. The Bertz CT molecular complexity index is 693. The molecule has 3 rings (SSSR count). The SMILES string of the molecule is O=C(NCC1CC2(CCNCC2)C(=O)O1)Nc1cc(F)cc(F)c1F.